The number of nitrogens with zero attached hydrogens (tertiary/aromatic N) is 1. The molecule has 1 fully saturated rings. The minimum absolute atomic E-state index is 0.0565. The number of rotatable bonds is 2. The van der Waals surface area contributed by atoms with Crippen molar-refractivity contribution >= 4 is 22.2 Å². The Morgan fingerprint density at radius 2 is 2.35 bits per heavy atom. The van der Waals surface area contributed by atoms with Gasteiger partial charge < -0.3 is 10.1 Å². The third-order valence-corrected chi connectivity index (χ3v) is 4.24. The predicted molar refractivity (Wildman–Crippen MR) is 63.7 cm³/mol. The van der Waals surface area contributed by atoms with Crippen LogP contribution in [0.2, 0.25) is 0 Å². The molecule has 5 heteroatoms. The second kappa shape index (κ2) is 4.13. The zero-order valence-electron chi connectivity index (χ0n) is 9.28. The fraction of sp³-hybridized carbons (Fsp3) is 0.500. The number of ether oxygens (including phenoxy) is 1. The summed E-state index contributed by atoms with van der Waals surface area (Å²) in [5, 5.41) is 12.8. The van der Waals surface area contributed by atoms with E-state index in [1.807, 2.05) is 0 Å². The number of nitriles is 1. The van der Waals surface area contributed by atoms with Crippen molar-refractivity contribution in [3.63, 3.8) is 0 Å². The van der Waals surface area contributed by atoms with E-state index < -0.39 is 0 Å². The third kappa shape index (κ3) is 1.94. The average molecular weight is 248 g/mol. The van der Waals surface area contributed by atoms with Crippen LogP contribution in [0.4, 0.5) is 5.00 Å². The summed E-state index contributed by atoms with van der Waals surface area (Å²) in [6.07, 6.45) is 2.72. The van der Waals surface area contributed by atoms with Gasteiger partial charge in [0.15, 0.2) is 0 Å². The highest BCUT2D eigenvalue weighted by atomic mass is 32.1. The summed E-state index contributed by atoms with van der Waals surface area (Å²) in [4.78, 5) is 12.8. The average Bonchev–Trinajstić information content (AvgIpc) is 3.11. The number of carbonyl (C=O) groups is 1. The molecular formula is C12H12N2O2S. The van der Waals surface area contributed by atoms with Gasteiger partial charge in [-0.1, -0.05) is 0 Å². The number of hydrogen-bond acceptors (Lipinski definition) is 4. The molecule has 2 heterocycles. The largest absolute Gasteiger partial charge is 0.376 e. The van der Waals surface area contributed by atoms with E-state index in [2.05, 4.69) is 11.4 Å². The standard InChI is InChI=1S/C12H12N2O2S/c13-5-9-8-3-4-16-6-10(8)17-12(9)14-11(15)7-1-2-7/h7H,1-4,6H2,(H,14,15). The molecule has 0 bridgehead atoms. The minimum Gasteiger partial charge on any atom is -0.376 e. The molecule has 0 saturated heterocycles. The maximum absolute atomic E-state index is 11.7. The maximum Gasteiger partial charge on any atom is 0.228 e. The van der Waals surface area contributed by atoms with E-state index in [9.17, 15) is 10.1 Å². The highest BCUT2D eigenvalue weighted by Crippen LogP contribution is 2.37. The van der Waals surface area contributed by atoms with Gasteiger partial charge in [0, 0.05) is 10.8 Å². The van der Waals surface area contributed by atoms with Gasteiger partial charge >= 0.3 is 0 Å². The lowest BCUT2D eigenvalue weighted by atomic mass is 10.1. The van der Waals surface area contributed by atoms with E-state index in [1.165, 1.54) is 11.3 Å². The molecule has 1 amide bonds. The Balaban J connectivity index is 1.90. The van der Waals surface area contributed by atoms with Gasteiger partial charge in [-0.15, -0.1) is 11.3 Å². The van der Waals surface area contributed by atoms with Crippen LogP contribution < -0.4 is 5.32 Å². The van der Waals surface area contributed by atoms with Crippen molar-refractivity contribution in [1.29, 1.82) is 5.26 Å². The van der Waals surface area contributed by atoms with E-state index in [0.717, 1.165) is 29.7 Å². The second-order valence-corrected chi connectivity index (χ2v) is 5.49. The zero-order chi connectivity index (χ0) is 11.8. The Morgan fingerprint density at radius 1 is 1.53 bits per heavy atom. The highest BCUT2D eigenvalue weighted by Gasteiger charge is 2.31. The Bertz CT molecular complexity index is 511. The van der Waals surface area contributed by atoms with Crippen molar-refractivity contribution in [3.8, 4) is 6.07 Å². The highest BCUT2D eigenvalue weighted by molar-refractivity contribution is 7.16. The fourth-order valence-corrected chi connectivity index (χ4v) is 3.14. The van der Waals surface area contributed by atoms with Crippen LogP contribution in [0.5, 0.6) is 0 Å². The first kappa shape index (κ1) is 10.8. The molecule has 1 aromatic rings. The van der Waals surface area contributed by atoms with Crippen LogP contribution in [0.3, 0.4) is 0 Å². The lowest BCUT2D eigenvalue weighted by Gasteiger charge is -2.11. The lowest BCUT2D eigenvalue weighted by molar-refractivity contribution is -0.117. The molecule has 0 unspecified atom stereocenters. The topological polar surface area (TPSA) is 62.1 Å². The number of nitrogens with one attached hydrogen (secondary N) is 1. The molecule has 0 aromatic carbocycles. The summed E-state index contributed by atoms with van der Waals surface area (Å²) in [7, 11) is 0. The van der Waals surface area contributed by atoms with Crippen molar-refractivity contribution in [2.45, 2.75) is 25.9 Å². The van der Waals surface area contributed by atoms with E-state index in [0.29, 0.717) is 23.8 Å². The van der Waals surface area contributed by atoms with Gasteiger partial charge in [-0.2, -0.15) is 5.26 Å². The van der Waals surface area contributed by atoms with Gasteiger partial charge in [0.1, 0.15) is 11.1 Å². The van der Waals surface area contributed by atoms with Crippen LogP contribution >= 0.6 is 11.3 Å². The van der Waals surface area contributed by atoms with Crippen molar-refractivity contribution in [2.24, 2.45) is 5.92 Å². The smallest absolute Gasteiger partial charge is 0.228 e. The molecule has 2 aliphatic rings. The first-order chi connectivity index (χ1) is 8.29. The molecule has 3 rings (SSSR count). The van der Waals surface area contributed by atoms with E-state index in [4.69, 9.17) is 4.74 Å². The SMILES string of the molecule is N#Cc1c(NC(=O)C2CC2)sc2c1CCOC2. The number of fused-ring (bicyclic) bond motifs is 1. The fourth-order valence-electron chi connectivity index (χ4n) is 2.00. The van der Waals surface area contributed by atoms with E-state index in [-0.39, 0.29) is 11.8 Å². The van der Waals surface area contributed by atoms with Crippen LogP contribution in [0, 0.1) is 17.2 Å². The summed E-state index contributed by atoms with van der Waals surface area (Å²) in [6.45, 7) is 1.22. The molecule has 17 heavy (non-hydrogen) atoms. The first-order valence-corrected chi connectivity index (χ1v) is 6.54. The quantitative estimate of drug-likeness (QED) is 0.871. The van der Waals surface area contributed by atoms with Crippen LogP contribution in [0.1, 0.15) is 28.8 Å². The molecule has 1 aliphatic heterocycles. The molecule has 1 aromatic heterocycles. The summed E-state index contributed by atoms with van der Waals surface area (Å²) < 4.78 is 5.36. The van der Waals surface area contributed by atoms with Gasteiger partial charge in [0.25, 0.3) is 0 Å². The molecule has 1 aliphatic carbocycles. The van der Waals surface area contributed by atoms with Crippen LogP contribution in [0.15, 0.2) is 0 Å². The minimum atomic E-state index is 0.0565. The molecule has 0 radical (unpaired) electrons. The Morgan fingerprint density at radius 3 is 3.06 bits per heavy atom. The molecule has 0 spiro atoms. The van der Waals surface area contributed by atoms with Gasteiger partial charge in [-0.05, 0) is 24.8 Å². The Labute approximate surface area is 103 Å². The van der Waals surface area contributed by atoms with E-state index in [1.54, 1.807) is 0 Å². The molecule has 4 nitrogen and oxygen atoms in total. The van der Waals surface area contributed by atoms with Crippen molar-refractivity contribution in [3.05, 3.63) is 16.0 Å². The Kier molecular flexibility index (Phi) is 2.61. The summed E-state index contributed by atoms with van der Waals surface area (Å²) >= 11 is 1.48. The monoisotopic (exact) mass is 248 g/mol. The number of carbonyl (C=O) groups excluding carboxylic acids is 1. The molecule has 1 N–H and O–H groups in total. The number of hydrogen-bond donors (Lipinski definition) is 1. The second-order valence-electron chi connectivity index (χ2n) is 4.39. The number of thiophene rings is 1. The summed E-state index contributed by atoms with van der Waals surface area (Å²) in [6, 6.07) is 2.21. The maximum atomic E-state index is 11.7. The molecule has 1 saturated carbocycles. The van der Waals surface area contributed by atoms with Crippen molar-refractivity contribution in [1.82, 2.24) is 0 Å². The van der Waals surface area contributed by atoms with E-state index >= 15 is 0 Å². The van der Waals surface area contributed by atoms with Gasteiger partial charge in [0.2, 0.25) is 5.91 Å². The predicted octanol–water partition coefficient (Wildman–Crippen LogP) is 2.04. The molecular weight excluding hydrogens is 236 g/mol. The van der Waals surface area contributed by atoms with Gasteiger partial charge in [-0.25, -0.2) is 0 Å². The van der Waals surface area contributed by atoms with Gasteiger partial charge in [-0.3, -0.25) is 4.79 Å². The van der Waals surface area contributed by atoms with Crippen molar-refractivity contribution in [2.75, 3.05) is 11.9 Å². The van der Waals surface area contributed by atoms with Crippen LogP contribution in [0.25, 0.3) is 0 Å². The zero-order valence-corrected chi connectivity index (χ0v) is 10.1. The molecule has 0 atom stereocenters. The normalized spacial score (nSPS) is 18.3. The van der Waals surface area contributed by atoms with Crippen molar-refractivity contribution < 1.29 is 9.53 Å². The third-order valence-electron chi connectivity index (χ3n) is 3.12. The van der Waals surface area contributed by atoms with Crippen LogP contribution in [-0.2, 0) is 22.6 Å². The van der Waals surface area contributed by atoms with Gasteiger partial charge in [0.05, 0.1) is 18.8 Å². The number of anilines is 1. The van der Waals surface area contributed by atoms with Crippen LogP contribution in [-0.4, -0.2) is 12.5 Å². The summed E-state index contributed by atoms with van der Waals surface area (Å²) in [5.74, 6) is 0.220. The Hall–Kier alpha value is -1.38. The lowest BCUT2D eigenvalue weighted by Crippen LogP contribution is -2.13. The summed E-state index contributed by atoms with van der Waals surface area (Å²) in [5.41, 5.74) is 1.71. The molecule has 88 valence electrons. The first-order valence-electron chi connectivity index (χ1n) is 5.73. The number of amides is 1.